The third kappa shape index (κ3) is 3.61. The van der Waals surface area contributed by atoms with E-state index < -0.39 is 0 Å². The molecule has 0 bridgehead atoms. The Kier molecular flexibility index (Phi) is 4.79. The summed E-state index contributed by atoms with van der Waals surface area (Å²) in [7, 11) is 0. The molecule has 1 aromatic rings. The summed E-state index contributed by atoms with van der Waals surface area (Å²) in [6, 6.07) is 4.94. The first-order chi connectivity index (χ1) is 11.8. The number of furan rings is 1. The van der Waals surface area contributed by atoms with E-state index in [4.69, 9.17) is 4.42 Å². The van der Waals surface area contributed by atoms with Crippen molar-refractivity contribution < 1.29 is 9.21 Å². The zero-order valence-corrected chi connectivity index (χ0v) is 14.5. The summed E-state index contributed by atoms with van der Waals surface area (Å²) in [5.74, 6) is 1.54. The van der Waals surface area contributed by atoms with Crippen LogP contribution < -0.4 is 5.32 Å². The molecule has 3 aliphatic rings. The molecule has 2 aliphatic heterocycles. The van der Waals surface area contributed by atoms with Gasteiger partial charge < -0.3 is 19.5 Å². The van der Waals surface area contributed by atoms with Crippen LogP contribution in [0.1, 0.15) is 56.7 Å². The minimum Gasteiger partial charge on any atom is -0.467 e. The van der Waals surface area contributed by atoms with Gasteiger partial charge in [0.25, 0.3) is 0 Å². The topological polar surface area (TPSA) is 48.7 Å². The molecule has 5 nitrogen and oxygen atoms in total. The first-order valence-electron chi connectivity index (χ1n) is 9.63. The summed E-state index contributed by atoms with van der Waals surface area (Å²) in [6.07, 6.45) is 10.1. The van der Waals surface area contributed by atoms with Crippen LogP contribution in [0.3, 0.4) is 0 Å². The molecule has 0 spiro atoms. The van der Waals surface area contributed by atoms with Gasteiger partial charge in [-0.2, -0.15) is 0 Å². The van der Waals surface area contributed by atoms with Gasteiger partial charge in [0.2, 0.25) is 0 Å². The molecule has 1 aliphatic carbocycles. The highest BCUT2D eigenvalue weighted by molar-refractivity contribution is 5.74. The van der Waals surface area contributed by atoms with E-state index in [-0.39, 0.29) is 12.1 Å². The third-order valence-corrected chi connectivity index (χ3v) is 5.81. The average Bonchev–Trinajstić information content (AvgIpc) is 3.19. The summed E-state index contributed by atoms with van der Waals surface area (Å²) >= 11 is 0. The molecular formula is C19H29N3O2. The highest BCUT2D eigenvalue weighted by atomic mass is 16.3. The molecule has 3 fully saturated rings. The van der Waals surface area contributed by atoms with Gasteiger partial charge >= 0.3 is 6.03 Å². The van der Waals surface area contributed by atoms with E-state index in [0.29, 0.717) is 5.92 Å². The quantitative estimate of drug-likeness (QED) is 0.920. The van der Waals surface area contributed by atoms with Gasteiger partial charge in [0, 0.05) is 25.7 Å². The lowest BCUT2D eigenvalue weighted by molar-refractivity contribution is 0.164. The van der Waals surface area contributed by atoms with Gasteiger partial charge in [-0.05, 0) is 56.7 Å². The Morgan fingerprint density at radius 2 is 2.08 bits per heavy atom. The lowest BCUT2D eigenvalue weighted by atomic mass is 10.1. The molecule has 5 heteroatoms. The smallest absolute Gasteiger partial charge is 0.318 e. The molecular weight excluding hydrogens is 302 g/mol. The third-order valence-electron chi connectivity index (χ3n) is 5.81. The van der Waals surface area contributed by atoms with Crippen molar-refractivity contribution >= 4 is 6.03 Å². The van der Waals surface area contributed by atoms with Gasteiger partial charge in [-0.15, -0.1) is 0 Å². The number of carbonyl (C=O) groups excluding carboxylic acids is 1. The van der Waals surface area contributed by atoms with Gasteiger partial charge in [0.15, 0.2) is 0 Å². The average molecular weight is 331 g/mol. The van der Waals surface area contributed by atoms with Crippen LogP contribution in [-0.2, 0) is 0 Å². The minimum atomic E-state index is 0.0863. The van der Waals surface area contributed by atoms with E-state index in [1.807, 2.05) is 17.0 Å². The molecule has 4 rings (SSSR count). The highest BCUT2D eigenvalue weighted by Gasteiger charge is 2.35. The maximum Gasteiger partial charge on any atom is 0.318 e. The highest BCUT2D eigenvalue weighted by Crippen LogP contribution is 2.32. The van der Waals surface area contributed by atoms with Crippen LogP contribution >= 0.6 is 0 Å². The van der Waals surface area contributed by atoms with E-state index in [1.165, 1.54) is 32.2 Å². The predicted octanol–water partition coefficient (Wildman–Crippen LogP) is 3.39. The molecule has 24 heavy (non-hydrogen) atoms. The zero-order chi connectivity index (χ0) is 16.4. The number of rotatable bonds is 4. The van der Waals surface area contributed by atoms with E-state index in [0.717, 1.165) is 50.7 Å². The fourth-order valence-corrected chi connectivity index (χ4v) is 4.26. The maximum absolute atomic E-state index is 12.8. The van der Waals surface area contributed by atoms with Crippen LogP contribution in [0, 0.1) is 5.92 Å². The van der Waals surface area contributed by atoms with E-state index in [1.54, 1.807) is 6.26 Å². The lowest BCUT2D eigenvalue weighted by Crippen LogP contribution is -2.44. The number of nitrogens with one attached hydrogen (secondary N) is 1. The maximum atomic E-state index is 12.8. The van der Waals surface area contributed by atoms with Crippen molar-refractivity contribution in [2.45, 2.75) is 57.0 Å². The SMILES string of the molecule is O=C(NC[C@@H]1CCN(C2CC2)C1)N1CCCCC[C@@H]1c1ccco1. The first-order valence-corrected chi connectivity index (χ1v) is 9.63. The molecule has 0 aromatic carbocycles. The molecule has 2 amide bonds. The van der Waals surface area contributed by atoms with Crippen LogP contribution in [0.5, 0.6) is 0 Å². The molecule has 132 valence electrons. The second-order valence-electron chi connectivity index (χ2n) is 7.64. The largest absolute Gasteiger partial charge is 0.467 e. The number of hydrogen-bond donors (Lipinski definition) is 1. The van der Waals surface area contributed by atoms with Crippen LogP contribution in [-0.4, -0.2) is 48.1 Å². The molecule has 0 radical (unpaired) electrons. The fourth-order valence-electron chi connectivity index (χ4n) is 4.26. The Morgan fingerprint density at radius 1 is 1.17 bits per heavy atom. The van der Waals surface area contributed by atoms with Crippen molar-refractivity contribution in [2.24, 2.45) is 5.92 Å². The molecule has 2 saturated heterocycles. The van der Waals surface area contributed by atoms with Gasteiger partial charge in [-0.3, -0.25) is 0 Å². The van der Waals surface area contributed by atoms with Gasteiger partial charge in [0.05, 0.1) is 12.3 Å². The second-order valence-corrected chi connectivity index (χ2v) is 7.64. The van der Waals surface area contributed by atoms with Crippen LogP contribution in [0.15, 0.2) is 22.8 Å². The summed E-state index contributed by atoms with van der Waals surface area (Å²) in [5.41, 5.74) is 0. The molecule has 0 unspecified atom stereocenters. The van der Waals surface area contributed by atoms with Gasteiger partial charge in [0.1, 0.15) is 5.76 Å². The Bertz CT molecular complexity index is 541. The Labute approximate surface area is 144 Å². The van der Waals surface area contributed by atoms with Crippen molar-refractivity contribution in [3.8, 4) is 0 Å². The first kappa shape index (κ1) is 16.0. The molecule has 1 saturated carbocycles. The summed E-state index contributed by atoms with van der Waals surface area (Å²) in [5, 5.41) is 3.21. The van der Waals surface area contributed by atoms with Crippen molar-refractivity contribution in [3.05, 3.63) is 24.2 Å². The van der Waals surface area contributed by atoms with Crippen molar-refractivity contribution in [1.29, 1.82) is 0 Å². The summed E-state index contributed by atoms with van der Waals surface area (Å²) in [6.45, 7) is 4.01. The number of amides is 2. The van der Waals surface area contributed by atoms with Gasteiger partial charge in [-0.25, -0.2) is 4.79 Å². The Hall–Kier alpha value is -1.49. The van der Waals surface area contributed by atoms with Crippen LogP contribution in [0.4, 0.5) is 4.79 Å². The van der Waals surface area contributed by atoms with E-state index >= 15 is 0 Å². The predicted molar refractivity (Wildman–Crippen MR) is 92.7 cm³/mol. The normalized spacial score (nSPS) is 28.8. The number of hydrogen-bond acceptors (Lipinski definition) is 3. The number of likely N-dealkylation sites (tertiary alicyclic amines) is 2. The minimum absolute atomic E-state index is 0.0863. The van der Waals surface area contributed by atoms with Crippen molar-refractivity contribution in [1.82, 2.24) is 15.1 Å². The van der Waals surface area contributed by atoms with E-state index in [2.05, 4.69) is 10.2 Å². The van der Waals surface area contributed by atoms with Gasteiger partial charge in [-0.1, -0.05) is 12.8 Å². The Balaban J connectivity index is 1.33. The summed E-state index contributed by atoms with van der Waals surface area (Å²) < 4.78 is 5.61. The molecule has 1 N–H and O–H groups in total. The number of carbonyl (C=O) groups is 1. The zero-order valence-electron chi connectivity index (χ0n) is 14.5. The van der Waals surface area contributed by atoms with Crippen molar-refractivity contribution in [3.63, 3.8) is 0 Å². The van der Waals surface area contributed by atoms with Crippen molar-refractivity contribution in [2.75, 3.05) is 26.2 Å². The standard InChI is InChI=1S/C19H29N3O2/c23-19(20-13-15-9-11-21(14-15)16-7-8-16)22-10-3-1-2-5-17(22)18-6-4-12-24-18/h4,6,12,15-17H,1-3,5,7-11,13-14H2,(H,20,23)/t15-,17+/m0/s1. The number of urea groups is 1. The summed E-state index contributed by atoms with van der Waals surface area (Å²) in [4.78, 5) is 17.4. The number of nitrogens with zero attached hydrogens (tertiary/aromatic N) is 2. The van der Waals surface area contributed by atoms with Crippen LogP contribution in [0.25, 0.3) is 0 Å². The molecule has 1 aromatic heterocycles. The Morgan fingerprint density at radius 3 is 2.88 bits per heavy atom. The molecule has 3 heterocycles. The fraction of sp³-hybridized carbons (Fsp3) is 0.737. The lowest BCUT2D eigenvalue weighted by Gasteiger charge is -2.29. The molecule has 2 atom stereocenters. The second kappa shape index (κ2) is 7.18. The van der Waals surface area contributed by atoms with Crippen LogP contribution in [0.2, 0.25) is 0 Å². The van der Waals surface area contributed by atoms with E-state index in [9.17, 15) is 4.79 Å². The monoisotopic (exact) mass is 331 g/mol.